The number of rotatable bonds is 2. The molecule has 0 amide bonds. The van der Waals surface area contributed by atoms with Gasteiger partial charge in [0, 0.05) is 32.0 Å². The summed E-state index contributed by atoms with van der Waals surface area (Å²) in [5.41, 5.74) is 0.292. The maximum atomic E-state index is 11.7. The average molecular weight is 245 g/mol. The Morgan fingerprint density at radius 1 is 1.33 bits per heavy atom. The molecule has 1 aliphatic heterocycles. The summed E-state index contributed by atoms with van der Waals surface area (Å²) in [5.74, 6) is 0.203. The maximum Gasteiger partial charge on any atom is 0.164 e. The summed E-state index contributed by atoms with van der Waals surface area (Å²) in [4.78, 5) is 14.1. The summed E-state index contributed by atoms with van der Waals surface area (Å²) in [6.45, 7) is 2.58. The van der Waals surface area contributed by atoms with E-state index in [0.717, 1.165) is 26.1 Å². The quantitative estimate of drug-likeness (QED) is 0.860. The highest BCUT2D eigenvalue weighted by Gasteiger charge is 2.50. The molecule has 3 rings (SSSR count). The maximum absolute atomic E-state index is 11.7. The molecule has 1 aliphatic carbocycles. The summed E-state index contributed by atoms with van der Waals surface area (Å²) in [6, 6.07) is 10.4. The first-order chi connectivity index (χ1) is 8.68. The fourth-order valence-corrected chi connectivity index (χ4v) is 3.29. The van der Waals surface area contributed by atoms with E-state index in [1.165, 1.54) is 5.56 Å². The van der Waals surface area contributed by atoms with Crippen molar-refractivity contribution in [1.82, 2.24) is 4.90 Å². The van der Waals surface area contributed by atoms with Crippen molar-refractivity contribution in [2.75, 3.05) is 13.1 Å². The molecule has 2 aliphatic rings. The van der Waals surface area contributed by atoms with Crippen molar-refractivity contribution >= 4 is 5.78 Å². The van der Waals surface area contributed by atoms with E-state index >= 15 is 0 Å². The van der Waals surface area contributed by atoms with E-state index in [9.17, 15) is 9.90 Å². The Kier molecular flexibility index (Phi) is 2.96. The van der Waals surface area contributed by atoms with Crippen LogP contribution in [0.2, 0.25) is 0 Å². The Morgan fingerprint density at radius 3 is 2.89 bits per heavy atom. The van der Waals surface area contributed by atoms with Gasteiger partial charge < -0.3 is 5.11 Å². The SMILES string of the molecule is O=C1CC[C@@H]2CN(Cc3ccccc3)CC[C@]12O. The third-order valence-electron chi connectivity index (χ3n) is 4.41. The lowest BCUT2D eigenvalue weighted by Gasteiger charge is -2.39. The van der Waals surface area contributed by atoms with Gasteiger partial charge in [0.05, 0.1) is 0 Å². The largest absolute Gasteiger partial charge is 0.382 e. The monoisotopic (exact) mass is 245 g/mol. The lowest BCUT2D eigenvalue weighted by Crippen LogP contribution is -2.52. The normalized spacial score (nSPS) is 32.5. The molecule has 0 unspecified atom stereocenters. The molecule has 1 saturated heterocycles. The second-order valence-electron chi connectivity index (χ2n) is 5.55. The number of hydrogen-bond donors (Lipinski definition) is 1. The molecule has 3 nitrogen and oxygen atoms in total. The summed E-state index contributed by atoms with van der Waals surface area (Å²) in [5, 5.41) is 10.4. The van der Waals surface area contributed by atoms with Crippen LogP contribution in [0.4, 0.5) is 0 Å². The van der Waals surface area contributed by atoms with Gasteiger partial charge in [0.25, 0.3) is 0 Å². The van der Waals surface area contributed by atoms with E-state index in [4.69, 9.17) is 0 Å². The van der Waals surface area contributed by atoms with E-state index in [-0.39, 0.29) is 11.7 Å². The summed E-state index contributed by atoms with van der Waals surface area (Å²) >= 11 is 0. The van der Waals surface area contributed by atoms with Crippen LogP contribution >= 0.6 is 0 Å². The van der Waals surface area contributed by atoms with Gasteiger partial charge in [-0.1, -0.05) is 30.3 Å². The number of carbonyl (C=O) groups is 1. The molecule has 1 saturated carbocycles. The minimum Gasteiger partial charge on any atom is -0.382 e. The lowest BCUT2D eigenvalue weighted by molar-refractivity contribution is -0.142. The summed E-state index contributed by atoms with van der Waals surface area (Å²) < 4.78 is 0. The third kappa shape index (κ3) is 1.98. The molecule has 0 aromatic heterocycles. The molecule has 1 aromatic rings. The van der Waals surface area contributed by atoms with Crippen molar-refractivity contribution in [3.8, 4) is 0 Å². The smallest absolute Gasteiger partial charge is 0.164 e. The second kappa shape index (κ2) is 4.48. The van der Waals surface area contributed by atoms with Crippen LogP contribution < -0.4 is 0 Å². The van der Waals surface area contributed by atoms with E-state index in [2.05, 4.69) is 29.2 Å². The van der Waals surface area contributed by atoms with E-state index in [1.807, 2.05) is 6.07 Å². The first kappa shape index (κ1) is 11.9. The number of piperidine rings is 1. The van der Waals surface area contributed by atoms with Crippen molar-refractivity contribution in [2.45, 2.75) is 31.4 Å². The van der Waals surface area contributed by atoms with Crippen molar-refractivity contribution in [3.05, 3.63) is 35.9 Å². The standard InChI is InChI=1S/C15H19NO2/c17-14-7-6-13-11-16(9-8-15(13,14)18)10-12-4-2-1-3-5-12/h1-5,13,18H,6-11H2/t13-,15-/m1/s1. The Morgan fingerprint density at radius 2 is 2.11 bits per heavy atom. The molecule has 0 radical (unpaired) electrons. The highest BCUT2D eigenvalue weighted by Crippen LogP contribution is 2.39. The minimum atomic E-state index is -1.01. The Bertz CT molecular complexity index is 445. The molecular weight excluding hydrogens is 226 g/mol. The fourth-order valence-electron chi connectivity index (χ4n) is 3.29. The second-order valence-corrected chi connectivity index (χ2v) is 5.55. The molecule has 96 valence electrons. The van der Waals surface area contributed by atoms with Gasteiger partial charge in [-0.3, -0.25) is 9.69 Å². The van der Waals surface area contributed by atoms with Crippen LogP contribution in [0.3, 0.4) is 0 Å². The van der Waals surface area contributed by atoms with Gasteiger partial charge in [-0.05, 0) is 18.4 Å². The average Bonchev–Trinajstić information content (AvgIpc) is 2.68. The van der Waals surface area contributed by atoms with Gasteiger partial charge in [-0.25, -0.2) is 0 Å². The van der Waals surface area contributed by atoms with E-state index < -0.39 is 5.60 Å². The topological polar surface area (TPSA) is 40.5 Å². The first-order valence-electron chi connectivity index (χ1n) is 6.70. The van der Waals surface area contributed by atoms with E-state index in [0.29, 0.717) is 12.8 Å². The molecule has 3 heteroatoms. The number of hydrogen-bond acceptors (Lipinski definition) is 3. The number of ketones is 1. The minimum absolute atomic E-state index is 0.0619. The van der Waals surface area contributed by atoms with E-state index in [1.54, 1.807) is 0 Å². The lowest BCUT2D eigenvalue weighted by atomic mass is 9.83. The number of Topliss-reactive ketones (excluding diaryl/α,β-unsaturated/α-hetero) is 1. The zero-order valence-corrected chi connectivity index (χ0v) is 10.5. The van der Waals surface area contributed by atoms with Crippen molar-refractivity contribution in [3.63, 3.8) is 0 Å². The predicted octanol–water partition coefficient (Wildman–Crippen LogP) is 1.60. The van der Waals surface area contributed by atoms with Crippen LogP contribution in [-0.4, -0.2) is 34.5 Å². The van der Waals surface area contributed by atoms with Gasteiger partial charge in [0.1, 0.15) is 5.60 Å². The van der Waals surface area contributed by atoms with Gasteiger partial charge >= 0.3 is 0 Å². The molecule has 2 fully saturated rings. The molecule has 0 spiro atoms. The zero-order valence-electron chi connectivity index (χ0n) is 10.5. The summed E-state index contributed by atoms with van der Waals surface area (Å²) in [7, 11) is 0. The molecular formula is C15H19NO2. The van der Waals surface area contributed by atoms with Gasteiger partial charge in [0.15, 0.2) is 5.78 Å². The first-order valence-corrected chi connectivity index (χ1v) is 6.70. The predicted molar refractivity (Wildman–Crippen MR) is 69.0 cm³/mol. The number of likely N-dealkylation sites (tertiary alicyclic amines) is 1. The van der Waals surface area contributed by atoms with Gasteiger partial charge in [0.2, 0.25) is 0 Å². The van der Waals surface area contributed by atoms with Gasteiger partial charge in [-0.15, -0.1) is 0 Å². The number of carbonyl (C=O) groups excluding carboxylic acids is 1. The highest BCUT2D eigenvalue weighted by atomic mass is 16.3. The number of aliphatic hydroxyl groups is 1. The molecule has 2 atom stereocenters. The Balaban J connectivity index is 1.67. The number of fused-ring (bicyclic) bond motifs is 1. The van der Waals surface area contributed by atoms with Crippen LogP contribution in [0.1, 0.15) is 24.8 Å². The fraction of sp³-hybridized carbons (Fsp3) is 0.533. The van der Waals surface area contributed by atoms with Crippen LogP contribution in [0.5, 0.6) is 0 Å². The van der Waals surface area contributed by atoms with Crippen LogP contribution in [-0.2, 0) is 11.3 Å². The van der Waals surface area contributed by atoms with Crippen LogP contribution in [0.25, 0.3) is 0 Å². The van der Waals surface area contributed by atoms with Crippen molar-refractivity contribution in [2.24, 2.45) is 5.92 Å². The highest BCUT2D eigenvalue weighted by molar-refractivity contribution is 5.89. The Labute approximate surface area is 107 Å². The van der Waals surface area contributed by atoms with Crippen LogP contribution in [0.15, 0.2) is 30.3 Å². The molecule has 0 bridgehead atoms. The molecule has 1 aromatic carbocycles. The number of benzene rings is 1. The molecule has 1 heterocycles. The summed E-state index contributed by atoms with van der Waals surface area (Å²) in [6.07, 6.45) is 2.00. The Hall–Kier alpha value is -1.19. The van der Waals surface area contributed by atoms with Crippen molar-refractivity contribution in [1.29, 1.82) is 0 Å². The van der Waals surface area contributed by atoms with Crippen LogP contribution in [0, 0.1) is 5.92 Å². The number of nitrogens with zero attached hydrogens (tertiary/aromatic N) is 1. The molecule has 18 heavy (non-hydrogen) atoms. The van der Waals surface area contributed by atoms with Crippen molar-refractivity contribution < 1.29 is 9.90 Å². The molecule has 1 N–H and O–H groups in total. The van der Waals surface area contributed by atoms with Gasteiger partial charge in [-0.2, -0.15) is 0 Å². The zero-order chi connectivity index (χ0) is 12.6. The third-order valence-corrected chi connectivity index (χ3v) is 4.41.